The van der Waals surface area contributed by atoms with Crippen molar-refractivity contribution in [2.75, 3.05) is 0 Å². The summed E-state index contributed by atoms with van der Waals surface area (Å²) in [5.41, 5.74) is 2.20. The zero-order valence-electron chi connectivity index (χ0n) is 27.0. The third kappa shape index (κ3) is 17.4. The third-order valence-corrected chi connectivity index (χ3v) is 9.35. The molecule has 3 nitrogen and oxygen atoms in total. The SMILES string of the molecule is CCCCCCCCCCCCCc1cc(S(=O)(=O)[O-])cc2c(CCCCCCCCCCCCC)cccc12.[K+]. The molecule has 0 fully saturated rings. The van der Waals surface area contributed by atoms with Crippen molar-refractivity contribution in [3.8, 4) is 0 Å². The standard InChI is InChI=1S/C36H60O3S.K/c1-3-5-7-9-11-13-15-17-19-21-23-26-32-28-25-29-35-33(30-34(31-36(32)35)40(37,38)39)27-24-22-20-18-16-14-12-10-8-6-4-2;/h25,28-31H,3-24,26-27H2,1-2H3,(H,37,38,39);/q;+1/p-1. The topological polar surface area (TPSA) is 57.2 Å². The van der Waals surface area contributed by atoms with Crippen LogP contribution >= 0.6 is 0 Å². The first-order chi connectivity index (χ1) is 19.5. The van der Waals surface area contributed by atoms with Crippen molar-refractivity contribution in [3.63, 3.8) is 0 Å². The molecule has 228 valence electrons. The number of benzene rings is 2. The summed E-state index contributed by atoms with van der Waals surface area (Å²) < 4.78 is 36.0. The molecule has 0 saturated carbocycles. The van der Waals surface area contributed by atoms with Gasteiger partial charge in [0.05, 0.1) is 4.90 Å². The Bertz CT molecular complexity index is 1030. The van der Waals surface area contributed by atoms with Crippen LogP contribution in [0, 0.1) is 0 Å². The molecule has 0 heterocycles. The summed E-state index contributed by atoms with van der Waals surface area (Å²) in [5, 5.41) is 2.09. The Morgan fingerprint density at radius 1 is 0.512 bits per heavy atom. The minimum absolute atomic E-state index is 0. The Morgan fingerprint density at radius 3 is 1.32 bits per heavy atom. The first kappa shape index (κ1) is 39.3. The fourth-order valence-electron chi connectivity index (χ4n) is 6.03. The fraction of sp³-hybridized carbons (Fsp3) is 0.722. The van der Waals surface area contributed by atoms with E-state index in [0.717, 1.165) is 48.4 Å². The number of hydrogen-bond donors (Lipinski definition) is 0. The number of rotatable bonds is 25. The van der Waals surface area contributed by atoms with E-state index in [0.29, 0.717) is 0 Å². The average molecular weight is 611 g/mol. The van der Waals surface area contributed by atoms with Crippen LogP contribution in [0.2, 0.25) is 0 Å². The molecule has 0 aliphatic carbocycles. The van der Waals surface area contributed by atoms with Crippen LogP contribution in [0.5, 0.6) is 0 Å². The molecule has 5 heteroatoms. The van der Waals surface area contributed by atoms with Crippen LogP contribution in [-0.2, 0) is 23.0 Å². The van der Waals surface area contributed by atoms with Gasteiger partial charge in [-0.15, -0.1) is 0 Å². The molecule has 2 aromatic rings. The molecule has 41 heavy (non-hydrogen) atoms. The summed E-state index contributed by atoms with van der Waals surface area (Å²) >= 11 is 0. The zero-order chi connectivity index (χ0) is 28.9. The summed E-state index contributed by atoms with van der Waals surface area (Å²) in [5.74, 6) is 0. The second-order valence-corrected chi connectivity index (χ2v) is 13.5. The quantitative estimate of drug-likeness (QED) is 0.0644. The smallest absolute Gasteiger partial charge is 0.744 e. The van der Waals surface area contributed by atoms with E-state index in [-0.39, 0.29) is 56.3 Å². The molecule has 0 aromatic heterocycles. The van der Waals surface area contributed by atoms with Gasteiger partial charge in [0.1, 0.15) is 10.1 Å². The third-order valence-electron chi connectivity index (χ3n) is 8.53. The molecular weight excluding hydrogens is 552 g/mol. The monoisotopic (exact) mass is 610 g/mol. The summed E-state index contributed by atoms with van der Waals surface area (Å²) in [6, 6.07) is 9.61. The van der Waals surface area contributed by atoms with E-state index in [1.807, 2.05) is 0 Å². The Kier molecular flexibility index (Phi) is 23.5. The van der Waals surface area contributed by atoms with Crippen LogP contribution in [0.15, 0.2) is 35.2 Å². The van der Waals surface area contributed by atoms with Gasteiger partial charge in [0, 0.05) is 0 Å². The van der Waals surface area contributed by atoms with E-state index < -0.39 is 10.1 Å². The molecule has 0 amide bonds. The van der Waals surface area contributed by atoms with Crippen molar-refractivity contribution >= 4 is 20.9 Å². The van der Waals surface area contributed by atoms with Crippen LogP contribution in [0.3, 0.4) is 0 Å². The van der Waals surface area contributed by atoms with Crippen molar-refractivity contribution in [2.45, 2.75) is 173 Å². The number of hydrogen-bond acceptors (Lipinski definition) is 3. The molecule has 0 N–H and O–H groups in total. The van der Waals surface area contributed by atoms with Crippen LogP contribution in [0.1, 0.15) is 166 Å². The average Bonchev–Trinajstić information content (AvgIpc) is 2.94. The van der Waals surface area contributed by atoms with Crippen LogP contribution in [-0.4, -0.2) is 13.0 Å². The van der Waals surface area contributed by atoms with Crippen molar-refractivity contribution < 1.29 is 64.4 Å². The molecule has 0 bridgehead atoms. The predicted molar refractivity (Wildman–Crippen MR) is 172 cm³/mol. The van der Waals surface area contributed by atoms with E-state index in [4.69, 9.17) is 0 Å². The van der Waals surface area contributed by atoms with Crippen LogP contribution in [0.25, 0.3) is 10.8 Å². The minimum Gasteiger partial charge on any atom is -0.744 e. The first-order valence-electron chi connectivity index (χ1n) is 17.0. The Balaban J connectivity index is 0.00000840. The molecule has 0 aliphatic rings. The maximum Gasteiger partial charge on any atom is 1.00 e. The normalized spacial score (nSPS) is 11.7. The molecule has 0 atom stereocenters. The van der Waals surface area contributed by atoms with Crippen LogP contribution < -0.4 is 51.4 Å². The van der Waals surface area contributed by atoms with E-state index in [2.05, 4.69) is 32.0 Å². The van der Waals surface area contributed by atoms with Gasteiger partial charge in [0.15, 0.2) is 0 Å². The number of fused-ring (bicyclic) bond motifs is 1. The van der Waals surface area contributed by atoms with Crippen molar-refractivity contribution in [1.29, 1.82) is 0 Å². The van der Waals surface area contributed by atoms with Gasteiger partial charge in [-0.25, -0.2) is 8.42 Å². The molecule has 0 aliphatic heterocycles. The van der Waals surface area contributed by atoms with E-state index in [9.17, 15) is 13.0 Å². The Labute approximate surface area is 296 Å². The van der Waals surface area contributed by atoms with Gasteiger partial charge in [-0.1, -0.05) is 160 Å². The van der Waals surface area contributed by atoms with Gasteiger partial charge in [0.25, 0.3) is 0 Å². The maximum absolute atomic E-state index is 12.0. The summed E-state index contributed by atoms with van der Waals surface area (Å²) in [6.45, 7) is 4.53. The van der Waals surface area contributed by atoms with Crippen LogP contribution in [0.4, 0.5) is 0 Å². The predicted octanol–water partition coefficient (Wildman–Crippen LogP) is 8.45. The number of unbranched alkanes of at least 4 members (excludes halogenated alkanes) is 20. The summed E-state index contributed by atoms with van der Waals surface area (Å²) in [6.07, 6.45) is 30.4. The Hall–Kier alpha value is 0.246. The van der Waals surface area contributed by atoms with Gasteiger partial charge in [-0.3, -0.25) is 0 Å². The summed E-state index contributed by atoms with van der Waals surface area (Å²) in [4.78, 5) is -0.0653. The largest absolute Gasteiger partial charge is 1.00 e. The minimum atomic E-state index is -4.48. The van der Waals surface area contributed by atoms with Crippen molar-refractivity contribution in [1.82, 2.24) is 0 Å². The van der Waals surface area contributed by atoms with E-state index in [1.54, 1.807) is 12.1 Å². The van der Waals surface area contributed by atoms with Gasteiger partial charge in [-0.2, -0.15) is 0 Å². The summed E-state index contributed by atoms with van der Waals surface area (Å²) in [7, 11) is -4.48. The maximum atomic E-state index is 12.0. The zero-order valence-corrected chi connectivity index (χ0v) is 30.9. The van der Waals surface area contributed by atoms with Crippen molar-refractivity contribution in [2.24, 2.45) is 0 Å². The molecular formula is C36H59KO3S. The van der Waals surface area contributed by atoms with Gasteiger partial charge < -0.3 is 4.55 Å². The first-order valence-corrected chi connectivity index (χ1v) is 18.4. The molecule has 0 spiro atoms. The molecule has 2 rings (SSSR count). The Morgan fingerprint density at radius 2 is 0.902 bits per heavy atom. The molecule has 2 aromatic carbocycles. The molecule has 0 saturated heterocycles. The van der Waals surface area contributed by atoms with E-state index >= 15 is 0 Å². The molecule has 0 radical (unpaired) electrons. The van der Waals surface area contributed by atoms with Crippen molar-refractivity contribution in [3.05, 3.63) is 41.5 Å². The van der Waals surface area contributed by atoms with Gasteiger partial charge >= 0.3 is 51.4 Å². The second-order valence-electron chi connectivity index (χ2n) is 12.1. The van der Waals surface area contributed by atoms with Gasteiger partial charge in [0.2, 0.25) is 0 Å². The molecule has 0 unspecified atom stereocenters. The second kappa shape index (κ2) is 24.6. The number of aryl methyl sites for hydroxylation is 2. The van der Waals surface area contributed by atoms with Gasteiger partial charge in [-0.05, 0) is 59.7 Å². The fourth-order valence-corrected chi connectivity index (χ4v) is 6.57. The van der Waals surface area contributed by atoms with E-state index in [1.165, 1.54) is 128 Å².